The average molecular weight is 397 g/mol. The molecule has 4 atom stereocenters. The standard InChI is InChI=1S/C21H21F2N5O/c1-28(18-6-11-2-3-16(27-11)20(18)23)19-10-25-17(9-26-19)13-7-15(22)12-4-5-24-8-14(12)21(13)29/h4-5,7-11,16,18,20,27,29H,2-3,6H2,1H3/t11-,16?,18-,20+/m0/s1. The van der Waals surface area contributed by atoms with Crippen LogP contribution in [0.1, 0.15) is 19.3 Å². The van der Waals surface area contributed by atoms with E-state index in [0.29, 0.717) is 28.3 Å². The second-order valence-electron chi connectivity index (χ2n) is 7.84. The molecule has 1 unspecified atom stereocenters. The molecule has 2 aliphatic heterocycles. The van der Waals surface area contributed by atoms with Crippen LogP contribution >= 0.6 is 0 Å². The Bertz CT molecular complexity index is 1060. The molecule has 2 aliphatic rings. The first-order valence-corrected chi connectivity index (χ1v) is 9.73. The first-order valence-electron chi connectivity index (χ1n) is 9.73. The Labute approximate surface area is 166 Å². The van der Waals surface area contributed by atoms with Crippen molar-refractivity contribution in [2.75, 3.05) is 11.9 Å². The second kappa shape index (κ2) is 6.88. The molecule has 5 rings (SSSR count). The van der Waals surface area contributed by atoms with Gasteiger partial charge in [-0.3, -0.25) is 9.97 Å². The van der Waals surface area contributed by atoms with Crippen molar-refractivity contribution in [3.8, 4) is 17.0 Å². The van der Waals surface area contributed by atoms with Gasteiger partial charge in [-0.05, 0) is 31.4 Å². The Balaban J connectivity index is 1.45. The van der Waals surface area contributed by atoms with Gasteiger partial charge in [-0.1, -0.05) is 0 Å². The van der Waals surface area contributed by atoms with Crippen LogP contribution in [0.2, 0.25) is 0 Å². The molecule has 29 heavy (non-hydrogen) atoms. The number of anilines is 1. The van der Waals surface area contributed by atoms with Gasteiger partial charge < -0.3 is 15.3 Å². The zero-order valence-electron chi connectivity index (χ0n) is 15.9. The van der Waals surface area contributed by atoms with Crippen molar-refractivity contribution in [2.45, 2.75) is 43.6 Å². The molecule has 0 aliphatic carbocycles. The number of hydrogen-bond acceptors (Lipinski definition) is 6. The topological polar surface area (TPSA) is 74.2 Å². The number of rotatable bonds is 3. The van der Waals surface area contributed by atoms with Gasteiger partial charge in [0.15, 0.2) is 0 Å². The van der Waals surface area contributed by atoms with Gasteiger partial charge in [0.1, 0.15) is 23.6 Å². The van der Waals surface area contributed by atoms with Crippen molar-refractivity contribution in [2.24, 2.45) is 0 Å². The molecule has 2 bridgehead atoms. The van der Waals surface area contributed by atoms with Gasteiger partial charge in [0, 0.05) is 47.9 Å². The van der Waals surface area contributed by atoms with E-state index in [2.05, 4.69) is 20.3 Å². The molecule has 6 nitrogen and oxygen atoms in total. The molecule has 2 saturated heterocycles. The molecule has 0 amide bonds. The largest absolute Gasteiger partial charge is 0.507 e. The van der Waals surface area contributed by atoms with Crippen LogP contribution in [0.4, 0.5) is 14.6 Å². The SMILES string of the molecule is CN(c1cnc(-c2cc(F)c3ccncc3c2O)cn1)[C@H]1C[C@@H]2CCC(N2)[C@H]1F. The molecule has 0 radical (unpaired) electrons. The summed E-state index contributed by atoms with van der Waals surface area (Å²) >= 11 is 0. The van der Waals surface area contributed by atoms with Gasteiger partial charge in [-0.25, -0.2) is 13.8 Å². The molecule has 2 aromatic heterocycles. The third-order valence-corrected chi connectivity index (χ3v) is 6.19. The van der Waals surface area contributed by atoms with Gasteiger partial charge in [-0.2, -0.15) is 0 Å². The lowest BCUT2D eigenvalue weighted by molar-refractivity contribution is 0.176. The van der Waals surface area contributed by atoms with Crippen molar-refractivity contribution in [1.29, 1.82) is 0 Å². The van der Waals surface area contributed by atoms with Crippen LogP contribution in [0.5, 0.6) is 5.75 Å². The molecule has 0 spiro atoms. The quantitative estimate of drug-likeness (QED) is 0.707. The first kappa shape index (κ1) is 18.2. The number of nitrogens with zero attached hydrogens (tertiary/aromatic N) is 4. The van der Waals surface area contributed by atoms with E-state index >= 15 is 0 Å². The number of phenols is 1. The third-order valence-electron chi connectivity index (χ3n) is 6.19. The minimum absolute atomic E-state index is 0.0938. The Hall–Kier alpha value is -2.87. The van der Waals surface area contributed by atoms with Gasteiger partial charge in [0.2, 0.25) is 0 Å². The van der Waals surface area contributed by atoms with Crippen molar-refractivity contribution in [3.63, 3.8) is 0 Å². The molecule has 2 N–H and O–H groups in total. The molecule has 4 heterocycles. The van der Waals surface area contributed by atoms with Crippen molar-refractivity contribution in [1.82, 2.24) is 20.3 Å². The summed E-state index contributed by atoms with van der Waals surface area (Å²) in [6, 6.07) is 2.74. The number of aromatic nitrogens is 3. The Morgan fingerprint density at radius 3 is 2.83 bits per heavy atom. The smallest absolute Gasteiger partial charge is 0.147 e. The summed E-state index contributed by atoms with van der Waals surface area (Å²) in [6.45, 7) is 0. The number of nitrogens with one attached hydrogen (secondary N) is 1. The molecule has 1 aromatic carbocycles. The molecule has 0 saturated carbocycles. The molecule has 3 aromatic rings. The summed E-state index contributed by atoms with van der Waals surface area (Å²) in [5, 5.41) is 14.5. The maximum Gasteiger partial charge on any atom is 0.147 e. The number of pyridine rings is 1. The second-order valence-corrected chi connectivity index (χ2v) is 7.84. The van der Waals surface area contributed by atoms with Gasteiger partial charge in [0.05, 0.1) is 24.1 Å². The summed E-state index contributed by atoms with van der Waals surface area (Å²) in [4.78, 5) is 14.6. The highest BCUT2D eigenvalue weighted by Gasteiger charge is 2.43. The monoisotopic (exact) mass is 397 g/mol. The van der Waals surface area contributed by atoms with Crippen LogP contribution in [0.25, 0.3) is 22.0 Å². The lowest BCUT2D eigenvalue weighted by Gasteiger charge is -2.38. The molecular formula is C21H21F2N5O. The highest BCUT2D eigenvalue weighted by Crippen LogP contribution is 2.37. The number of phenolic OH excluding ortho intramolecular Hbond substituents is 1. The summed E-state index contributed by atoms with van der Waals surface area (Å²) in [5.74, 6) is -0.0163. The van der Waals surface area contributed by atoms with E-state index in [9.17, 15) is 13.9 Å². The summed E-state index contributed by atoms with van der Waals surface area (Å²) < 4.78 is 29.3. The number of benzene rings is 1. The predicted molar refractivity (Wildman–Crippen MR) is 106 cm³/mol. The van der Waals surface area contributed by atoms with E-state index in [4.69, 9.17) is 0 Å². The van der Waals surface area contributed by atoms with Crippen LogP contribution in [0.3, 0.4) is 0 Å². The van der Waals surface area contributed by atoms with E-state index in [1.807, 2.05) is 11.9 Å². The van der Waals surface area contributed by atoms with E-state index in [1.165, 1.54) is 36.9 Å². The molecular weight excluding hydrogens is 376 g/mol. The number of hydrogen-bond donors (Lipinski definition) is 2. The Morgan fingerprint density at radius 1 is 1.17 bits per heavy atom. The highest BCUT2D eigenvalue weighted by molar-refractivity contribution is 5.94. The van der Waals surface area contributed by atoms with Crippen molar-refractivity contribution >= 4 is 16.6 Å². The Kier molecular flexibility index (Phi) is 4.31. The number of fused-ring (bicyclic) bond motifs is 3. The predicted octanol–water partition coefficient (Wildman–Crippen LogP) is 3.20. The number of halogens is 2. The maximum atomic E-state index is 14.8. The number of piperidine rings is 1. The first-order chi connectivity index (χ1) is 14.0. The highest BCUT2D eigenvalue weighted by atomic mass is 19.1. The van der Waals surface area contributed by atoms with E-state index in [1.54, 1.807) is 0 Å². The lowest BCUT2D eigenvalue weighted by Crippen LogP contribution is -2.55. The molecule has 150 valence electrons. The van der Waals surface area contributed by atoms with Crippen LogP contribution < -0.4 is 10.2 Å². The minimum atomic E-state index is -0.966. The number of alkyl halides is 1. The molecule has 8 heteroatoms. The fourth-order valence-corrected chi connectivity index (χ4v) is 4.57. The molecule has 2 fully saturated rings. The van der Waals surface area contributed by atoms with E-state index < -0.39 is 12.0 Å². The van der Waals surface area contributed by atoms with Crippen molar-refractivity contribution < 1.29 is 13.9 Å². The van der Waals surface area contributed by atoms with Crippen LogP contribution in [-0.2, 0) is 0 Å². The third kappa shape index (κ3) is 2.98. The minimum Gasteiger partial charge on any atom is -0.507 e. The maximum absolute atomic E-state index is 14.8. The zero-order chi connectivity index (χ0) is 20.1. The summed E-state index contributed by atoms with van der Waals surface area (Å²) in [6.07, 6.45) is 7.53. The van der Waals surface area contributed by atoms with Crippen LogP contribution in [-0.4, -0.2) is 51.4 Å². The summed E-state index contributed by atoms with van der Waals surface area (Å²) in [5.41, 5.74) is 0.583. The van der Waals surface area contributed by atoms with Gasteiger partial charge in [0.25, 0.3) is 0 Å². The fraction of sp³-hybridized carbons (Fsp3) is 0.381. The van der Waals surface area contributed by atoms with Crippen molar-refractivity contribution in [3.05, 3.63) is 42.7 Å². The van der Waals surface area contributed by atoms with Gasteiger partial charge in [-0.15, -0.1) is 0 Å². The summed E-state index contributed by atoms with van der Waals surface area (Å²) in [7, 11) is 1.82. The average Bonchev–Trinajstić information content (AvgIpc) is 3.16. The number of aromatic hydroxyl groups is 1. The van der Waals surface area contributed by atoms with Crippen LogP contribution in [0.15, 0.2) is 36.9 Å². The van der Waals surface area contributed by atoms with Gasteiger partial charge >= 0.3 is 0 Å². The Morgan fingerprint density at radius 2 is 2.03 bits per heavy atom. The zero-order valence-corrected chi connectivity index (χ0v) is 15.9. The fourth-order valence-electron chi connectivity index (χ4n) is 4.57. The lowest BCUT2D eigenvalue weighted by atomic mass is 9.96. The van der Waals surface area contributed by atoms with Crippen LogP contribution in [0, 0.1) is 5.82 Å². The van der Waals surface area contributed by atoms with E-state index in [0.717, 1.165) is 19.3 Å². The van der Waals surface area contributed by atoms with E-state index in [-0.39, 0.29) is 23.4 Å². The normalized spacial score (nSPS) is 26.0.